The van der Waals surface area contributed by atoms with Gasteiger partial charge in [-0.3, -0.25) is 4.90 Å². The summed E-state index contributed by atoms with van der Waals surface area (Å²) in [7, 11) is 0. The molecule has 0 bridgehead atoms. The quantitative estimate of drug-likeness (QED) is 0.270. The van der Waals surface area contributed by atoms with Crippen LogP contribution in [-0.4, -0.2) is 66.2 Å². The minimum atomic E-state index is -0.463. The zero-order valence-corrected chi connectivity index (χ0v) is 21.3. The first kappa shape index (κ1) is 26.2. The average Bonchev–Trinajstić information content (AvgIpc) is 3.46. The number of ether oxygens (including phenoxy) is 2. The Kier molecular flexibility index (Phi) is 10.4. The molecule has 1 saturated heterocycles. The first-order valence-corrected chi connectivity index (χ1v) is 12.9. The molecule has 0 spiro atoms. The number of aromatic nitrogens is 1. The van der Waals surface area contributed by atoms with Crippen LogP contribution in [0.5, 0.6) is 5.75 Å². The third-order valence-electron chi connectivity index (χ3n) is 6.46. The number of hydrogen-bond donors (Lipinski definition) is 0. The van der Waals surface area contributed by atoms with E-state index in [2.05, 4.69) is 35.6 Å². The van der Waals surface area contributed by atoms with Gasteiger partial charge in [0.05, 0.1) is 13.2 Å². The highest BCUT2D eigenvalue weighted by Crippen LogP contribution is 2.26. The summed E-state index contributed by atoms with van der Waals surface area (Å²) in [4.78, 5) is 22.0. The number of likely N-dealkylation sites (tertiary alicyclic amines) is 1. The van der Waals surface area contributed by atoms with Gasteiger partial charge >= 0.3 is 5.97 Å². The smallest absolute Gasteiger partial charge is 0.376 e. The summed E-state index contributed by atoms with van der Waals surface area (Å²) in [5.74, 6) is 0.991. The van der Waals surface area contributed by atoms with Gasteiger partial charge in [-0.15, -0.1) is 0 Å². The molecule has 2 aromatic rings. The summed E-state index contributed by atoms with van der Waals surface area (Å²) in [6.07, 6.45) is 5.85. The summed E-state index contributed by atoms with van der Waals surface area (Å²) in [6.45, 7) is 14.1. The highest BCUT2D eigenvalue weighted by Gasteiger charge is 2.24. The monoisotopic (exact) mass is 471 g/mol. The zero-order valence-electron chi connectivity index (χ0n) is 21.3. The molecule has 0 saturated carbocycles. The number of carbonyl (C=O) groups excluding carboxylic acids is 1. The van der Waals surface area contributed by atoms with Crippen LogP contribution in [-0.2, 0) is 11.3 Å². The maximum absolute atomic E-state index is 12.5. The van der Waals surface area contributed by atoms with Crippen LogP contribution in [0.1, 0.15) is 76.0 Å². The van der Waals surface area contributed by atoms with E-state index in [1.165, 1.54) is 19.4 Å². The van der Waals surface area contributed by atoms with Crippen molar-refractivity contribution in [1.29, 1.82) is 0 Å². The molecule has 0 radical (unpaired) electrons. The van der Waals surface area contributed by atoms with Crippen molar-refractivity contribution in [2.45, 2.75) is 72.4 Å². The molecule has 1 atom stereocenters. The van der Waals surface area contributed by atoms with E-state index in [0.29, 0.717) is 37.4 Å². The first-order chi connectivity index (χ1) is 16.5. The lowest BCUT2D eigenvalue weighted by Crippen LogP contribution is -2.28. The van der Waals surface area contributed by atoms with Gasteiger partial charge in [0.25, 0.3) is 0 Å². The molecule has 1 aliphatic heterocycles. The van der Waals surface area contributed by atoms with Gasteiger partial charge in [-0.2, -0.15) is 0 Å². The maximum atomic E-state index is 12.5. The summed E-state index contributed by atoms with van der Waals surface area (Å²) in [5, 5.41) is 0. The number of esters is 1. The third-order valence-corrected chi connectivity index (χ3v) is 6.46. The van der Waals surface area contributed by atoms with E-state index >= 15 is 0 Å². The fourth-order valence-corrected chi connectivity index (χ4v) is 4.36. The minimum absolute atomic E-state index is 0.197. The lowest BCUT2D eigenvalue weighted by Gasteiger charge is -2.20. The molecule has 34 heavy (non-hydrogen) atoms. The highest BCUT2D eigenvalue weighted by molar-refractivity contribution is 5.88. The molecule has 0 N–H and O–H groups in total. The number of nitrogens with zero attached hydrogens (tertiary/aromatic N) is 3. The van der Waals surface area contributed by atoms with E-state index in [-0.39, 0.29) is 5.76 Å². The second kappa shape index (κ2) is 13.5. The Bertz CT molecular complexity index is 881. The van der Waals surface area contributed by atoms with Gasteiger partial charge in [-0.25, -0.2) is 9.78 Å². The van der Waals surface area contributed by atoms with Crippen molar-refractivity contribution >= 4 is 5.97 Å². The summed E-state index contributed by atoms with van der Waals surface area (Å²) in [6, 6.07) is 8.41. The van der Waals surface area contributed by atoms with E-state index in [9.17, 15) is 4.79 Å². The first-order valence-electron chi connectivity index (χ1n) is 12.9. The Morgan fingerprint density at radius 3 is 2.65 bits per heavy atom. The van der Waals surface area contributed by atoms with E-state index in [4.69, 9.17) is 13.9 Å². The molecule has 7 heteroatoms. The van der Waals surface area contributed by atoms with Crippen LogP contribution in [0.15, 0.2) is 28.7 Å². The molecular formula is C27H41N3O4. The van der Waals surface area contributed by atoms with Crippen LogP contribution in [0.3, 0.4) is 0 Å². The van der Waals surface area contributed by atoms with Crippen molar-refractivity contribution in [3.63, 3.8) is 0 Å². The second-order valence-electron chi connectivity index (χ2n) is 8.99. The molecule has 1 aromatic heterocycles. The number of carbonyl (C=O) groups is 1. The highest BCUT2D eigenvalue weighted by atomic mass is 16.5. The number of rotatable bonds is 14. The van der Waals surface area contributed by atoms with E-state index in [1.807, 2.05) is 24.3 Å². The van der Waals surface area contributed by atoms with Crippen LogP contribution >= 0.6 is 0 Å². The average molecular weight is 472 g/mol. The summed E-state index contributed by atoms with van der Waals surface area (Å²) >= 11 is 0. The topological polar surface area (TPSA) is 68.0 Å². The lowest BCUT2D eigenvalue weighted by molar-refractivity contribution is 0.0487. The molecule has 7 nitrogen and oxygen atoms in total. The summed E-state index contributed by atoms with van der Waals surface area (Å²) in [5.41, 5.74) is 1.44. The van der Waals surface area contributed by atoms with Gasteiger partial charge in [0.1, 0.15) is 11.4 Å². The van der Waals surface area contributed by atoms with Gasteiger partial charge in [-0.05, 0) is 83.4 Å². The molecule has 1 fully saturated rings. The Hall–Kier alpha value is -2.38. The molecule has 1 unspecified atom stereocenters. The van der Waals surface area contributed by atoms with Crippen molar-refractivity contribution in [2.24, 2.45) is 0 Å². The van der Waals surface area contributed by atoms with Gasteiger partial charge in [0.15, 0.2) is 0 Å². The van der Waals surface area contributed by atoms with Crippen LogP contribution in [0.25, 0.3) is 11.5 Å². The Labute approximate surface area is 204 Å². The normalized spacial score (nSPS) is 16.3. The number of benzene rings is 1. The Balaban J connectivity index is 1.63. The van der Waals surface area contributed by atoms with Crippen molar-refractivity contribution in [2.75, 3.05) is 39.4 Å². The van der Waals surface area contributed by atoms with Crippen molar-refractivity contribution in [1.82, 2.24) is 14.8 Å². The van der Waals surface area contributed by atoms with Crippen LogP contribution in [0, 0.1) is 0 Å². The standard InChI is InChI=1S/C27H41N3O4/c1-5-8-16-29(6-2)20-24-25(27(31)32-7-3)34-26(28-24)22-12-14-23(15-13-22)33-19-10-18-30-17-9-11-21(30)4/h12-15,21H,5-11,16-20H2,1-4H3. The minimum Gasteiger partial charge on any atom is -0.494 e. The third kappa shape index (κ3) is 7.31. The van der Waals surface area contributed by atoms with Crippen molar-refractivity contribution in [3.8, 4) is 17.2 Å². The predicted octanol–water partition coefficient (Wildman–Crippen LogP) is 5.39. The molecular weight excluding hydrogens is 430 g/mol. The molecule has 1 aromatic carbocycles. The molecule has 0 amide bonds. The van der Waals surface area contributed by atoms with Crippen molar-refractivity contribution in [3.05, 3.63) is 35.7 Å². The summed E-state index contributed by atoms with van der Waals surface area (Å²) < 4.78 is 17.1. The molecule has 188 valence electrons. The van der Waals surface area contributed by atoms with Crippen molar-refractivity contribution < 1.29 is 18.7 Å². The van der Waals surface area contributed by atoms with Crippen LogP contribution < -0.4 is 4.74 Å². The van der Waals surface area contributed by atoms with Gasteiger partial charge < -0.3 is 18.8 Å². The maximum Gasteiger partial charge on any atom is 0.376 e. The fourth-order valence-electron chi connectivity index (χ4n) is 4.36. The second-order valence-corrected chi connectivity index (χ2v) is 8.99. The fraction of sp³-hybridized carbons (Fsp3) is 0.630. The van der Waals surface area contributed by atoms with Gasteiger partial charge in [0.2, 0.25) is 11.7 Å². The van der Waals surface area contributed by atoms with Gasteiger partial charge in [-0.1, -0.05) is 20.3 Å². The zero-order chi connectivity index (χ0) is 24.3. The SMILES string of the molecule is CCCCN(CC)Cc1nc(-c2ccc(OCCCN3CCCC3C)cc2)oc1C(=O)OCC. The van der Waals surface area contributed by atoms with E-state index in [1.54, 1.807) is 6.92 Å². The predicted molar refractivity (Wildman–Crippen MR) is 134 cm³/mol. The molecule has 3 rings (SSSR count). The van der Waals surface area contributed by atoms with Crippen LogP contribution in [0.4, 0.5) is 0 Å². The van der Waals surface area contributed by atoms with Crippen LogP contribution in [0.2, 0.25) is 0 Å². The largest absolute Gasteiger partial charge is 0.494 e. The molecule has 1 aliphatic rings. The molecule has 2 heterocycles. The Morgan fingerprint density at radius 1 is 1.21 bits per heavy atom. The number of oxazole rings is 1. The van der Waals surface area contributed by atoms with E-state index in [0.717, 1.165) is 50.2 Å². The molecule has 0 aliphatic carbocycles. The van der Waals surface area contributed by atoms with Gasteiger partial charge in [0, 0.05) is 24.7 Å². The van der Waals surface area contributed by atoms with E-state index < -0.39 is 5.97 Å². The lowest BCUT2D eigenvalue weighted by atomic mass is 10.2. The number of hydrogen-bond acceptors (Lipinski definition) is 7. The number of unbranched alkanes of at least 4 members (excludes halogenated alkanes) is 1. The Morgan fingerprint density at radius 2 is 2.00 bits per heavy atom.